The molecule has 0 saturated carbocycles. The highest BCUT2D eigenvalue weighted by Crippen LogP contribution is 2.57. The van der Waals surface area contributed by atoms with Crippen LogP contribution in [0.25, 0.3) is 10.8 Å². The lowest BCUT2D eigenvalue weighted by atomic mass is 10.1. The molecule has 2 unspecified atom stereocenters. The Morgan fingerprint density at radius 2 is 1.39 bits per heavy atom. The van der Waals surface area contributed by atoms with E-state index in [1.54, 1.807) is 19.2 Å². The van der Waals surface area contributed by atoms with Crippen LogP contribution in [-0.2, 0) is 27.4 Å². The summed E-state index contributed by atoms with van der Waals surface area (Å²) in [6, 6.07) is 30.3. The van der Waals surface area contributed by atoms with E-state index in [1.165, 1.54) is 14.2 Å². The predicted octanol–water partition coefficient (Wildman–Crippen LogP) is 9.88. The van der Waals surface area contributed by atoms with Gasteiger partial charge in [0.1, 0.15) is 29.6 Å². The third-order valence-electron chi connectivity index (χ3n) is 6.48. The maximum Gasteiger partial charge on any atom is 0.412 e. The highest BCUT2D eigenvalue weighted by Gasteiger charge is 2.46. The number of alkyl halides is 3. The van der Waals surface area contributed by atoms with Crippen LogP contribution in [0.4, 0.5) is 9.59 Å². The van der Waals surface area contributed by atoms with Gasteiger partial charge in [-0.3, -0.25) is 14.6 Å². The summed E-state index contributed by atoms with van der Waals surface area (Å²) in [5, 5.41) is 16.2. The summed E-state index contributed by atoms with van der Waals surface area (Å²) in [4.78, 5) is 22.2. The van der Waals surface area contributed by atoms with Gasteiger partial charge in [-0.2, -0.15) is 0 Å². The number of benzene rings is 4. The number of carbonyl (C=O) groups excluding carboxylic acids is 2. The zero-order valence-corrected chi connectivity index (χ0v) is 36.3. The van der Waals surface area contributed by atoms with Crippen molar-refractivity contribution in [3.05, 3.63) is 97.1 Å². The Morgan fingerprint density at radius 1 is 0.839 bits per heavy atom. The molecule has 4 aromatic carbocycles. The van der Waals surface area contributed by atoms with Crippen LogP contribution in [-0.4, -0.2) is 81.3 Å². The molecule has 0 spiro atoms. The minimum absolute atomic E-state index is 0. The molecule has 0 aromatic heterocycles. The van der Waals surface area contributed by atoms with Crippen molar-refractivity contribution < 1.29 is 59.2 Å². The van der Waals surface area contributed by atoms with Crippen LogP contribution in [0.3, 0.4) is 0 Å². The van der Waals surface area contributed by atoms with Crippen molar-refractivity contribution in [2.45, 2.75) is 16.6 Å². The zero-order valence-electron chi connectivity index (χ0n) is 31.4. The van der Waals surface area contributed by atoms with Crippen LogP contribution in [0.1, 0.15) is 9.78 Å². The van der Waals surface area contributed by atoms with Crippen molar-refractivity contribution in [3.8, 4) is 23.0 Å². The van der Waals surface area contributed by atoms with Gasteiger partial charge in [0.25, 0.3) is 0 Å². The average Bonchev–Trinajstić information content (AvgIpc) is 3.20. The van der Waals surface area contributed by atoms with E-state index >= 15 is 0 Å². The number of para-hydroxylation sites is 1. The summed E-state index contributed by atoms with van der Waals surface area (Å²) in [5.41, 5.74) is 5.01. The standard InChI is InChI=1S/C17H19NO4.C12H11NO2.C4H8Cl3O4P.C2H8NO2PS.2H2/c1-2-20-17(19)18-12-13-21-14-8-10-16(11-9-14)22-15-6-4-3-5-7-15;1-13-12(14)15-11-8-4-6-9-5-2-3-7-10(9)11;1-10-12(9,11-2)3(8)4(5,6)7;1-5-6(3,4)7-2;;/h3-11H,2,12-13H2,1H3,(H,18,19);2-8H,1H3,(H,13,14);3,8H,1-2H3;1-2H3,(H2,3,4);2*1H. The molecule has 0 bridgehead atoms. The van der Waals surface area contributed by atoms with E-state index in [1.807, 2.05) is 91.0 Å². The number of nitrogens with two attached hydrogens (primary N) is 1. The lowest BCUT2D eigenvalue weighted by Crippen LogP contribution is -2.28. The molecule has 56 heavy (non-hydrogen) atoms. The third kappa shape index (κ3) is 19.8. The number of amides is 2. The van der Waals surface area contributed by atoms with Crippen LogP contribution >= 0.6 is 60.5 Å². The molecule has 15 nitrogen and oxygen atoms in total. The van der Waals surface area contributed by atoms with Gasteiger partial charge in [0.2, 0.25) is 9.64 Å². The van der Waals surface area contributed by atoms with Gasteiger partial charge in [0, 0.05) is 36.6 Å². The molecular weight excluding hydrogens is 855 g/mol. The summed E-state index contributed by atoms with van der Waals surface area (Å²) >= 11 is 16.9. The number of rotatable bonds is 13. The molecule has 0 aliphatic heterocycles. The largest absolute Gasteiger partial charge is 0.492 e. The van der Waals surface area contributed by atoms with Crippen molar-refractivity contribution in [2.24, 2.45) is 5.50 Å². The molecule has 21 heteroatoms. The fraction of sp³-hybridized carbons (Fsp3) is 0.314. The average molecular weight is 905 g/mol. The number of alkyl carbamates (subject to hydrolysis) is 1. The minimum Gasteiger partial charge on any atom is -0.492 e. The molecule has 0 aliphatic carbocycles. The van der Waals surface area contributed by atoms with Crippen LogP contribution in [0, 0.1) is 0 Å². The smallest absolute Gasteiger partial charge is 0.412 e. The maximum atomic E-state index is 11.3. The zero-order chi connectivity index (χ0) is 42.2. The highest BCUT2D eigenvalue weighted by atomic mass is 35.6. The number of ether oxygens (including phenoxy) is 4. The van der Waals surface area contributed by atoms with E-state index in [0.29, 0.717) is 31.3 Å². The summed E-state index contributed by atoms with van der Waals surface area (Å²) in [6.07, 6.45) is 0.758. The molecule has 0 saturated heterocycles. The molecule has 4 aromatic rings. The third-order valence-corrected chi connectivity index (χ3v) is 12.6. The SMILES string of the molecule is CCOC(=O)NCCOc1ccc(Oc2ccccc2)cc1.CNC(=O)Oc1cccc2ccccc12.COP(=O)(OC)C(O)C(Cl)(Cl)Cl.COP(N)(=O)SC.[HH].[HH]. The van der Waals surface area contributed by atoms with E-state index < -0.39 is 36.1 Å². The number of halogens is 3. The monoisotopic (exact) mass is 903 g/mol. The Kier molecular flexibility index (Phi) is 24.2. The quantitative estimate of drug-likeness (QED) is 0.0561. The molecule has 0 fully saturated rings. The van der Waals surface area contributed by atoms with Gasteiger partial charge >= 0.3 is 26.5 Å². The first-order chi connectivity index (χ1) is 26.5. The second kappa shape index (κ2) is 26.6. The first-order valence-corrected chi connectivity index (χ1v) is 22.5. The number of hydrogen-bond donors (Lipinski definition) is 4. The van der Waals surface area contributed by atoms with Crippen molar-refractivity contribution in [1.29, 1.82) is 0 Å². The second-order valence-corrected chi connectivity index (χ2v) is 19.3. The first kappa shape index (κ1) is 50.8. The van der Waals surface area contributed by atoms with Crippen molar-refractivity contribution in [3.63, 3.8) is 0 Å². The molecule has 2 amide bonds. The first-order valence-electron chi connectivity index (χ1n) is 16.2. The number of nitrogens with one attached hydrogen (secondary N) is 2. The summed E-state index contributed by atoms with van der Waals surface area (Å²) in [6.45, 7) is 0.141. The van der Waals surface area contributed by atoms with E-state index in [2.05, 4.69) is 24.2 Å². The van der Waals surface area contributed by atoms with E-state index in [9.17, 15) is 23.8 Å². The number of carbonyl (C=O) groups is 2. The van der Waals surface area contributed by atoms with Crippen LogP contribution < -0.4 is 30.3 Å². The Labute approximate surface area is 348 Å². The fourth-order valence-corrected chi connectivity index (χ4v) is 6.28. The highest BCUT2D eigenvalue weighted by molar-refractivity contribution is 8.55. The molecule has 5 N–H and O–H groups in total. The Balaban J connectivity index is 0. The Bertz CT molecular complexity index is 1840. The van der Waals surface area contributed by atoms with Gasteiger partial charge in [-0.1, -0.05) is 101 Å². The van der Waals surface area contributed by atoms with Gasteiger partial charge in [-0.25, -0.2) is 9.59 Å². The fourth-order valence-electron chi connectivity index (χ4n) is 3.70. The Hall–Kier alpha value is -3.24. The summed E-state index contributed by atoms with van der Waals surface area (Å²) in [7, 11) is 1.31. The lowest BCUT2D eigenvalue weighted by molar-refractivity contribution is 0.150. The molecule has 4 rings (SSSR count). The summed E-state index contributed by atoms with van der Waals surface area (Å²) < 4.78 is 54.0. The maximum absolute atomic E-state index is 11.3. The molecule has 0 heterocycles. The van der Waals surface area contributed by atoms with Gasteiger partial charge in [-0.05, 0) is 61.0 Å². The van der Waals surface area contributed by atoms with E-state index in [-0.39, 0.29) is 2.85 Å². The van der Waals surface area contributed by atoms with Crippen LogP contribution in [0.15, 0.2) is 97.1 Å². The van der Waals surface area contributed by atoms with Crippen molar-refractivity contribution in [1.82, 2.24) is 10.6 Å². The molecular formula is C35H50Cl3N3O12P2S. The number of aliphatic hydroxyl groups excluding tert-OH is 1. The van der Waals surface area contributed by atoms with Crippen molar-refractivity contribution in [2.75, 3.05) is 54.4 Å². The van der Waals surface area contributed by atoms with Gasteiger partial charge in [-0.15, -0.1) is 0 Å². The van der Waals surface area contributed by atoms with E-state index in [4.69, 9.17) is 59.3 Å². The number of aliphatic hydroxyl groups is 1. The lowest BCUT2D eigenvalue weighted by Gasteiger charge is -2.24. The molecule has 0 aliphatic rings. The molecule has 0 radical (unpaired) electrons. The van der Waals surface area contributed by atoms with Gasteiger partial charge in [0.15, 0.2) is 0 Å². The molecule has 2 atom stereocenters. The minimum atomic E-state index is -3.73. The van der Waals surface area contributed by atoms with Crippen molar-refractivity contribution >= 4 is 83.5 Å². The number of fused-ring (bicyclic) bond motifs is 1. The van der Waals surface area contributed by atoms with Gasteiger partial charge in [0.05, 0.1) is 13.2 Å². The number of hydrogen-bond acceptors (Lipinski definition) is 13. The van der Waals surface area contributed by atoms with Gasteiger partial charge < -0.3 is 48.3 Å². The summed E-state index contributed by atoms with van der Waals surface area (Å²) in [5.74, 6) is 1.02. The Morgan fingerprint density at radius 3 is 1.89 bits per heavy atom. The molecule has 314 valence electrons. The second-order valence-electron chi connectivity index (χ2n) is 10.2. The van der Waals surface area contributed by atoms with Crippen LogP contribution in [0.2, 0.25) is 0 Å². The topological polar surface area (TPSA) is 203 Å². The van der Waals surface area contributed by atoms with E-state index in [0.717, 1.165) is 47.9 Å². The predicted molar refractivity (Wildman–Crippen MR) is 227 cm³/mol. The normalized spacial score (nSPS) is 12.3. The van der Waals surface area contributed by atoms with Crippen LogP contribution in [0.5, 0.6) is 23.0 Å².